The summed E-state index contributed by atoms with van der Waals surface area (Å²) in [5.41, 5.74) is 4.24. The number of rotatable bonds is 4. The number of aromatic nitrogens is 2. The zero-order valence-corrected chi connectivity index (χ0v) is 12.1. The maximum Gasteiger partial charge on any atom is 0.217 e. The Kier molecular flexibility index (Phi) is 4.35. The highest BCUT2D eigenvalue weighted by Crippen LogP contribution is 2.14. The van der Waals surface area contributed by atoms with Gasteiger partial charge in [0.05, 0.1) is 11.4 Å². The first-order valence-electron chi connectivity index (χ1n) is 6.61. The van der Waals surface area contributed by atoms with Gasteiger partial charge in [-0.1, -0.05) is 24.3 Å². The molecule has 0 spiro atoms. The molecule has 4 heteroatoms. The second-order valence-electron chi connectivity index (χ2n) is 4.77. The molecule has 0 fully saturated rings. The molecule has 2 aromatic rings. The zero-order valence-electron chi connectivity index (χ0n) is 12.1. The minimum absolute atomic E-state index is 0.0222. The van der Waals surface area contributed by atoms with Gasteiger partial charge in [0.15, 0.2) is 0 Å². The first kappa shape index (κ1) is 14.1. The molecule has 0 aliphatic heterocycles. The van der Waals surface area contributed by atoms with Crippen molar-refractivity contribution in [3.05, 3.63) is 53.4 Å². The summed E-state index contributed by atoms with van der Waals surface area (Å²) in [7, 11) is 0. The first-order valence-corrected chi connectivity index (χ1v) is 6.61. The number of benzene rings is 1. The Morgan fingerprint density at radius 3 is 2.80 bits per heavy atom. The Bertz CT molecular complexity index is 641. The van der Waals surface area contributed by atoms with Crippen molar-refractivity contribution in [3.63, 3.8) is 0 Å². The zero-order chi connectivity index (χ0) is 14.5. The average molecular weight is 269 g/mol. The number of hydrogen-bond donors (Lipinski definition) is 1. The molecule has 20 heavy (non-hydrogen) atoms. The highest BCUT2D eigenvalue weighted by atomic mass is 16.1. The topological polar surface area (TPSA) is 46.9 Å². The van der Waals surface area contributed by atoms with Gasteiger partial charge in [-0.15, -0.1) is 0 Å². The van der Waals surface area contributed by atoms with Crippen molar-refractivity contribution < 1.29 is 4.79 Å². The van der Waals surface area contributed by atoms with Crippen molar-refractivity contribution in [1.82, 2.24) is 15.1 Å². The second kappa shape index (κ2) is 6.19. The molecule has 0 saturated heterocycles. The van der Waals surface area contributed by atoms with E-state index in [-0.39, 0.29) is 5.91 Å². The van der Waals surface area contributed by atoms with Crippen LogP contribution in [0.3, 0.4) is 0 Å². The maximum absolute atomic E-state index is 10.8. The Morgan fingerprint density at radius 2 is 2.15 bits per heavy atom. The van der Waals surface area contributed by atoms with Gasteiger partial charge in [-0.3, -0.25) is 4.79 Å². The predicted octanol–water partition coefficient (Wildman–Crippen LogP) is 2.64. The molecule has 1 N–H and O–H groups in total. The molecule has 1 aromatic carbocycles. The van der Waals surface area contributed by atoms with Crippen LogP contribution >= 0.6 is 0 Å². The molecule has 0 radical (unpaired) electrons. The minimum Gasteiger partial charge on any atom is -0.353 e. The lowest BCUT2D eigenvalue weighted by Crippen LogP contribution is -2.19. The van der Waals surface area contributed by atoms with E-state index in [2.05, 4.69) is 22.5 Å². The largest absolute Gasteiger partial charge is 0.353 e. The highest BCUT2D eigenvalue weighted by molar-refractivity contribution is 5.73. The van der Waals surface area contributed by atoms with Gasteiger partial charge in [-0.05, 0) is 37.6 Å². The minimum atomic E-state index is -0.0222. The molecule has 1 amide bonds. The smallest absolute Gasteiger partial charge is 0.217 e. The number of aryl methyl sites for hydroxylation is 2. The van der Waals surface area contributed by atoms with Gasteiger partial charge in [-0.25, -0.2) is 4.68 Å². The monoisotopic (exact) mass is 269 g/mol. The number of carbonyl (C=O) groups excluding carboxylic acids is 1. The second-order valence-corrected chi connectivity index (χ2v) is 4.77. The van der Waals surface area contributed by atoms with E-state index in [4.69, 9.17) is 0 Å². The normalized spacial score (nSPS) is 10.9. The van der Waals surface area contributed by atoms with Crippen LogP contribution in [0.2, 0.25) is 0 Å². The number of nitrogens with zero attached hydrogens (tertiary/aromatic N) is 2. The Morgan fingerprint density at radius 1 is 1.35 bits per heavy atom. The molecule has 0 unspecified atom stereocenters. The van der Waals surface area contributed by atoms with Crippen molar-refractivity contribution in [2.24, 2.45) is 0 Å². The van der Waals surface area contributed by atoms with Crippen molar-refractivity contribution >= 4 is 12.0 Å². The lowest BCUT2D eigenvalue weighted by atomic mass is 10.2. The Labute approximate surface area is 119 Å². The van der Waals surface area contributed by atoms with Crippen LogP contribution in [0, 0.1) is 13.8 Å². The van der Waals surface area contributed by atoms with Gasteiger partial charge in [0.1, 0.15) is 0 Å². The number of carbonyl (C=O) groups is 1. The summed E-state index contributed by atoms with van der Waals surface area (Å²) in [5.74, 6) is -0.0222. The van der Waals surface area contributed by atoms with Gasteiger partial charge in [0, 0.05) is 19.2 Å². The lowest BCUT2D eigenvalue weighted by Gasteiger charge is -2.05. The molecule has 2 rings (SSSR count). The van der Waals surface area contributed by atoms with Gasteiger partial charge >= 0.3 is 0 Å². The fourth-order valence-electron chi connectivity index (χ4n) is 2.05. The summed E-state index contributed by atoms with van der Waals surface area (Å²) in [6.45, 7) is 6.08. The van der Waals surface area contributed by atoms with Crippen LogP contribution in [0.25, 0.3) is 11.8 Å². The third-order valence-electron chi connectivity index (χ3n) is 2.90. The molecule has 1 heterocycles. The number of amides is 1. The molecular formula is C16H19N3O. The molecule has 0 saturated carbocycles. The summed E-state index contributed by atoms with van der Waals surface area (Å²) in [4.78, 5) is 10.8. The quantitative estimate of drug-likeness (QED) is 0.927. The van der Waals surface area contributed by atoms with Gasteiger partial charge in [-0.2, -0.15) is 5.10 Å². The fraction of sp³-hybridized carbons (Fsp3) is 0.250. The molecule has 0 bridgehead atoms. The molecule has 104 valence electrons. The van der Waals surface area contributed by atoms with Crippen LogP contribution in [0.1, 0.15) is 23.9 Å². The van der Waals surface area contributed by atoms with Crippen LogP contribution in [-0.4, -0.2) is 22.2 Å². The predicted molar refractivity (Wildman–Crippen MR) is 80.8 cm³/mol. The Balaban J connectivity index is 2.16. The van der Waals surface area contributed by atoms with Crippen LogP contribution in [0.4, 0.5) is 0 Å². The van der Waals surface area contributed by atoms with E-state index in [0.717, 1.165) is 22.6 Å². The highest BCUT2D eigenvalue weighted by Gasteiger charge is 2.03. The van der Waals surface area contributed by atoms with E-state index >= 15 is 0 Å². The van der Waals surface area contributed by atoms with Gasteiger partial charge < -0.3 is 5.32 Å². The van der Waals surface area contributed by atoms with Crippen LogP contribution in [-0.2, 0) is 4.79 Å². The Hall–Kier alpha value is -2.36. The van der Waals surface area contributed by atoms with E-state index in [1.54, 1.807) is 0 Å². The fourth-order valence-corrected chi connectivity index (χ4v) is 2.05. The van der Waals surface area contributed by atoms with Crippen LogP contribution in [0.15, 0.2) is 36.4 Å². The summed E-state index contributed by atoms with van der Waals surface area (Å²) in [5, 5.41) is 7.21. The van der Waals surface area contributed by atoms with Crippen molar-refractivity contribution in [2.75, 3.05) is 6.54 Å². The van der Waals surface area contributed by atoms with Crippen molar-refractivity contribution in [2.45, 2.75) is 20.8 Å². The van der Waals surface area contributed by atoms with E-state index < -0.39 is 0 Å². The molecule has 0 atom stereocenters. The third kappa shape index (κ3) is 3.57. The summed E-state index contributed by atoms with van der Waals surface area (Å²) in [6, 6.07) is 10.2. The maximum atomic E-state index is 10.8. The average Bonchev–Trinajstić information content (AvgIpc) is 2.74. The van der Waals surface area contributed by atoms with Gasteiger partial charge in [0.2, 0.25) is 5.91 Å². The summed E-state index contributed by atoms with van der Waals surface area (Å²) in [6.07, 6.45) is 3.92. The molecule has 0 aliphatic carbocycles. The van der Waals surface area contributed by atoms with Crippen LogP contribution in [0.5, 0.6) is 0 Å². The molecule has 1 aromatic heterocycles. The van der Waals surface area contributed by atoms with Crippen LogP contribution < -0.4 is 5.32 Å². The molecule has 0 aliphatic rings. The van der Waals surface area contributed by atoms with Crippen molar-refractivity contribution in [1.29, 1.82) is 0 Å². The standard InChI is InChI=1S/C16H19N3O/c1-12-10-13(2)19(18-12)16-8-4-6-15(11-16)7-5-9-17-14(3)20/h4-8,10-11H,9H2,1-3H3,(H,17,20). The summed E-state index contributed by atoms with van der Waals surface area (Å²) >= 11 is 0. The number of hydrogen-bond acceptors (Lipinski definition) is 2. The molecular weight excluding hydrogens is 250 g/mol. The third-order valence-corrected chi connectivity index (χ3v) is 2.90. The van der Waals surface area contributed by atoms with E-state index in [0.29, 0.717) is 6.54 Å². The molecule has 4 nitrogen and oxygen atoms in total. The van der Waals surface area contributed by atoms with Gasteiger partial charge in [0.25, 0.3) is 0 Å². The van der Waals surface area contributed by atoms with E-state index in [1.165, 1.54) is 6.92 Å². The van der Waals surface area contributed by atoms with E-state index in [1.807, 2.05) is 48.9 Å². The summed E-state index contributed by atoms with van der Waals surface area (Å²) < 4.78 is 1.93. The SMILES string of the molecule is CC(=O)NCC=Cc1cccc(-n2nc(C)cc2C)c1. The first-order chi connectivity index (χ1) is 9.56. The number of nitrogens with one attached hydrogen (secondary N) is 1. The van der Waals surface area contributed by atoms with E-state index in [9.17, 15) is 4.79 Å². The lowest BCUT2D eigenvalue weighted by molar-refractivity contribution is -0.118. The van der Waals surface area contributed by atoms with Crippen molar-refractivity contribution in [3.8, 4) is 5.69 Å².